The van der Waals surface area contributed by atoms with Gasteiger partial charge in [0.15, 0.2) is 0 Å². The maximum absolute atomic E-state index is 12.4. The topological polar surface area (TPSA) is 81.5 Å². The Hall–Kier alpha value is -3.06. The van der Waals surface area contributed by atoms with Gasteiger partial charge in [-0.25, -0.2) is 0 Å². The Labute approximate surface area is 145 Å². The fraction of sp³-hybridized carbons (Fsp3) is 0.0556. The zero-order valence-electron chi connectivity index (χ0n) is 13.2. The molecule has 1 aromatic carbocycles. The van der Waals surface area contributed by atoms with Crippen molar-refractivity contribution in [3.8, 4) is 11.4 Å². The van der Waals surface area contributed by atoms with Crippen LogP contribution >= 0.6 is 0 Å². The number of aromatic nitrogens is 2. The molecule has 0 radical (unpaired) electrons. The van der Waals surface area contributed by atoms with Crippen molar-refractivity contribution in [3.63, 3.8) is 0 Å². The molecule has 0 fully saturated rings. The van der Waals surface area contributed by atoms with E-state index in [4.69, 9.17) is 4.28 Å². The van der Waals surface area contributed by atoms with Gasteiger partial charge in [-0.05, 0) is 43.3 Å². The van der Waals surface area contributed by atoms with Crippen LogP contribution in [0.4, 0.5) is 0 Å². The Balaban J connectivity index is 1.76. The minimum atomic E-state index is -4.00. The van der Waals surface area contributed by atoms with E-state index < -0.39 is 10.1 Å². The number of pyridine rings is 2. The van der Waals surface area contributed by atoms with E-state index in [-0.39, 0.29) is 4.90 Å². The van der Waals surface area contributed by atoms with E-state index in [9.17, 15) is 8.42 Å². The molecule has 124 valence electrons. The Morgan fingerprint density at radius 3 is 2.00 bits per heavy atom. The molecule has 25 heavy (non-hydrogen) atoms. The molecule has 0 spiro atoms. The van der Waals surface area contributed by atoms with Gasteiger partial charge in [-0.1, -0.05) is 22.9 Å². The predicted molar refractivity (Wildman–Crippen MR) is 92.6 cm³/mol. The number of hydrogen-bond acceptors (Lipinski definition) is 6. The van der Waals surface area contributed by atoms with Gasteiger partial charge in [0, 0.05) is 23.5 Å². The Kier molecular flexibility index (Phi) is 3.58. The van der Waals surface area contributed by atoms with Crippen LogP contribution in [0.2, 0.25) is 0 Å². The summed E-state index contributed by atoms with van der Waals surface area (Å²) in [7, 11) is -4.00. The van der Waals surface area contributed by atoms with Crippen molar-refractivity contribution in [1.82, 2.24) is 9.97 Å². The maximum atomic E-state index is 12.4. The number of oxime groups is 1. The highest BCUT2D eigenvalue weighted by molar-refractivity contribution is 7.86. The quantitative estimate of drug-likeness (QED) is 0.530. The Morgan fingerprint density at radius 1 is 0.880 bits per heavy atom. The monoisotopic (exact) mass is 351 g/mol. The van der Waals surface area contributed by atoms with Crippen LogP contribution in [0.1, 0.15) is 16.7 Å². The summed E-state index contributed by atoms with van der Waals surface area (Å²) in [6.07, 6.45) is 3.31. The van der Waals surface area contributed by atoms with Crippen molar-refractivity contribution < 1.29 is 12.7 Å². The van der Waals surface area contributed by atoms with Gasteiger partial charge in [-0.2, -0.15) is 8.42 Å². The lowest BCUT2D eigenvalue weighted by atomic mass is 10.1. The zero-order valence-corrected chi connectivity index (χ0v) is 14.1. The summed E-state index contributed by atoms with van der Waals surface area (Å²) in [6, 6.07) is 13.5. The number of rotatable bonds is 3. The van der Waals surface area contributed by atoms with E-state index in [2.05, 4.69) is 15.1 Å². The Morgan fingerprint density at radius 2 is 1.44 bits per heavy atom. The highest BCUT2D eigenvalue weighted by atomic mass is 32.2. The first-order valence-corrected chi connectivity index (χ1v) is 8.96. The lowest BCUT2D eigenvalue weighted by Gasteiger charge is -2.04. The molecule has 1 aliphatic rings. The molecule has 0 saturated carbocycles. The van der Waals surface area contributed by atoms with E-state index in [0.29, 0.717) is 28.2 Å². The van der Waals surface area contributed by atoms with Crippen molar-refractivity contribution in [3.05, 3.63) is 77.6 Å². The van der Waals surface area contributed by atoms with E-state index in [1.807, 2.05) is 19.1 Å². The molecular weight excluding hydrogens is 338 g/mol. The van der Waals surface area contributed by atoms with Crippen LogP contribution in [0.3, 0.4) is 0 Å². The third-order valence-corrected chi connectivity index (χ3v) is 5.01. The predicted octanol–water partition coefficient (Wildman–Crippen LogP) is 2.92. The molecule has 1 aliphatic carbocycles. The molecule has 0 saturated heterocycles. The minimum Gasteiger partial charge on any atom is -0.264 e. The second kappa shape index (κ2) is 5.78. The first kappa shape index (κ1) is 15.5. The van der Waals surface area contributed by atoms with Gasteiger partial charge in [-0.3, -0.25) is 14.3 Å². The smallest absolute Gasteiger partial charge is 0.264 e. The van der Waals surface area contributed by atoms with Crippen molar-refractivity contribution in [2.45, 2.75) is 11.8 Å². The van der Waals surface area contributed by atoms with Crippen molar-refractivity contribution in [2.75, 3.05) is 0 Å². The van der Waals surface area contributed by atoms with Crippen LogP contribution in [0.5, 0.6) is 0 Å². The molecule has 2 heterocycles. The van der Waals surface area contributed by atoms with E-state index in [1.165, 1.54) is 12.1 Å². The lowest BCUT2D eigenvalue weighted by molar-refractivity contribution is 0.339. The average Bonchev–Trinajstić information content (AvgIpc) is 2.94. The standard InChI is InChI=1S/C18H13N3O3S/c1-12-6-8-13(9-7-12)25(22,23)24-21-16-14-4-2-10-19-17(14)18-15(16)5-3-11-20-18/h2-11H,1H3. The third-order valence-electron chi connectivity index (χ3n) is 3.89. The zero-order chi connectivity index (χ0) is 17.4. The van der Waals surface area contributed by atoms with E-state index >= 15 is 0 Å². The number of fused-ring (bicyclic) bond motifs is 3. The molecule has 2 aromatic heterocycles. The largest absolute Gasteiger partial charge is 0.358 e. The first-order chi connectivity index (χ1) is 12.1. The maximum Gasteiger partial charge on any atom is 0.358 e. The average molecular weight is 351 g/mol. The summed E-state index contributed by atoms with van der Waals surface area (Å²) in [6.45, 7) is 1.88. The molecule has 6 nitrogen and oxygen atoms in total. The third kappa shape index (κ3) is 2.68. The summed E-state index contributed by atoms with van der Waals surface area (Å²) in [5.41, 5.74) is 4.06. The van der Waals surface area contributed by atoms with E-state index in [0.717, 1.165) is 5.56 Å². The molecular formula is C18H13N3O3S. The second-order valence-electron chi connectivity index (χ2n) is 5.58. The van der Waals surface area contributed by atoms with Gasteiger partial charge in [0.1, 0.15) is 10.6 Å². The van der Waals surface area contributed by atoms with Crippen LogP contribution in [0.25, 0.3) is 11.4 Å². The van der Waals surface area contributed by atoms with Crippen molar-refractivity contribution >= 4 is 15.8 Å². The van der Waals surface area contributed by atoms with Gasteiger partial charge in [-0.15, -0.1) is 0 Å². The van der Waals surface area contributed by atoms with Gasteiger partial charge < -0.3 is 0 Å². The van der Waals surface area contributed by atoms with Crippen molar-refractivity contribution in [1.29, 1.82) is 0 Å². The number of hydrogen-bond donors (Lipinski definition) is 0. The number of benzene rings is 1. The summed E-state index contributed by atoms with van der Waals surface area (Å²) in [4.78, 5) is 8.68. The first-order valence-electron chi connectivity index (χ1n) is 7.56. The lowest BCUT2D eigenvalue weighted by Crippen LogP contribution is -2.06. The summed E-state index contributed by atoms with van der Waals surface area (Å²) in [5, 5.41) is 3.93. The van der Waals surface area contributed by atoms with Crippen LogP contribution in [0, 0.1) is 6.92 Å². The summed E-state index contributed by atoms with van der Waals surface area (Å²) >= 11 is 0. The van der Waals surface area contributed by atoms with Crippen LogP contribution < -0.4 is 0 Å². The molecule has 0 amide bonds. The van der Waals surface area contributed by atoms with Crippen molar-refractivity contribution in [2.24, 2.45) is 5.16 Å². The van der Waals surface area contributed by atoms with Crippen LogP contribution in [0.15, 0.2) is 71.0 Å². The number of nitrogens with zero attached hydrogens (tertiary/aromatic N) is 3. The Bertz CT molecular complexity index is 1040. The fourth-order valence-electron chi connectivity index (χ4n) is 2.65. The van der Waals surface area contributed by atoms with Crippen LogP contribution in [-0.4, -0.2) is 24.1 Å². The van der Waals surface area contributed by atoms with E-state index in [1.54, 1.807) is 36.7 Å². The van der Waals surface area contributed by atoms with Gasteiger partial charge in [0.2, 0.25) is 0 Å². The highest BCUT2D eigenvalue weighted by Crippen LogP contribution is 2.33. The minimum absolute atomic E-state index is 0.0540. The molecule has 0 atom stereocenters. The van der Waals surface area contributed by atoms with Crippen LogP contribution in [-0.2, 0) is 14.4 Å². The molecule has 7 heteroatoms. The molecule has 0 bridgehead atoms. The molecule has 0 N–H and O–H groups in total. The molecule has 4 rings (SSSR count). The van der Waals surface area contributed by atoms with Gasteiger partial charge >= 0.3 is 10.1 Å². The fourth-order valence-corrected chi connectivity index (χ4v) is 3.38. The molecule has 3 aromatic rings. The summed E-state index contributed by atoms with van der Waals surface area (Å²) < 4.78 is 29.7. The number of aryl methyl sites for hydroxylation is 1. The van der Waals surface area contributed by atoms with Gasteiger partial charge in [0.25, 0.3) is 0 Å². The molecule has 0 aliphatic heterocycles. The SMILES string of the molecule is Cc1ccc(S(=O)(=O)ON=C2c3cccnc3-c3ncccc32)cc1. The normalized spacial score (nSPS) is 12.4. The van der Waals surface area contributed by atoms with Gasteiger partial charge in [0.05, 0.1) is 11.4 Å². The second-order valence-corrected chi connectivity index (χ2v) is 7.11. The highest BCUT2D eigenvalue weighted by Gasteiger charge is 2.28. The summed E-state index contributed by atoms with van der Waals surface area (Å²) in [5.74, 6) is 0. The molecule has 0 unspecified atom stereocenters.